The van der Waals surface area contributed by atoms with Crippen LogP contribution in [0.15, 0.2) is 42.7 Å². The number of piperidine rings is 1. The van der Waals surface area contributed by atoms with E-state index in [1.165, 1.54) is 18.3 Å². The minimum atomic E-state index is -3.56. The maximum absolute atomic E-state index is 14.9. The van der Waals surface area contributed by atoms with Crippen LogP contribution in [0, 0.1) is 11.6 Å². The molecular weight excluding hydrogens is 502 g/mol. The average Bonchev–Trinajstić information content (AvgIpc) is 2.86. The first kappa shape index (κ1) is 25.4. The average molecular weight is 531 g/mol. The number of nitrogens with zero attached hydrogens (tertiary/aromatic N) is 3. The van der Waals surface area contributed by atoms with Gasteiger partial charge in [-0.25, -0.2) is 32.5 Å². The fourth-order valence-corrected chi connectivity index (χ4v) is 5.82. The molecule has 0 radical (unpaired) electrons. The van der Waals surface area contributed by atoms with Crippen LogP contribution in [-0.2, 0) is 16.6 Å². The summed E-state index contributed by atoms with van der Waals surface area (Å²) in [6.45, 7) is 1.46. The van der Waals surface area contributed by atoms with Crippen LogP contribution in [0.2, 0.25) is 0 Å². The number of aromatic nitrogens is 3. The lowest BCUT2D eigenvalue weighted by molar-refractivity contribution is 0.403. The predicted octanol–water partition coefficient (Wildman–Crippen LogP) is 3.74. The maximum Gasteiger partial charge on any atom is 0.228 e. The first-order chi connectivity index (χ1) is 17.9. The summed E-state index contributed by atoms with van der Waals surface area (Å²) in [5.74, 6) is -2.29. The van der Waals surface area contributed by atoms with Gasteiger partial charge in [0.1, 0.15) is 0 Å². The Labute approximate surface area is 214 Å². The normalized spacial score (nSPS) is 18.3. The van der Waals surface area contributed by atoms with Crippen LogP contribution < -0.4 is 20.1 Å². The molecule has 1 saturated carbocycles. The predicted molar refractivity (Wildman–Crippen MR) is 135 cm³/mol. The molecular formula is C25H28F2N6O3S. The second-order valence-corrected chi connectivity index (χ2v) is 11.2. The van der Waals surface area contributed by atoms with Gasteiger partial charge in [-0.2, -0.15) is 4.39 Å². The van der Waals surface area contributed by atoms with Crippen molar-refractivity contribution in [1.29, 1.82) is 0 Å². The van der Waals surface area contributed by atoms with Gasteiger partial charge in [0.2, 0.25) is 27.7 Å². The number of halogens is 2. The third kappa shape index (κ3) is 5.86. The first-order valence-corrected chi connectivity index (χ1v) is 13.8. The standard InChI is InChI=1S/C25H28F2N6O3S/c26-22-16(14-31-37(34,35)18-5-1-6-18)8-9-21(23(22)27)36-24-19(7-3-12-29-24)20-10-13-30-25(33-20)32-17-4-2-11-28-15-17/h3,7-10,12-13,17-18,28,31H,1-2,4-6,11,14-15H2,(H,30,32,33)/t17-/m0/s1. The van der Waals surface area contributed by atoms with Gasteiger partial charge in [-0.3, -0.25) is 0 Å². The molecule has 0 bridgehead atoms. The lowest BCUT2D eigenvalue weighted by Gasteiger charge is -2.25. The SMILES string of the molecule is O=S(=O)(NCc1ccc(Oc2ncccc2-c2ccnc(N[C@H]3CCCNC3)n2)c(F)c1F)C1CCC1. The fraction of sp³-hybridized carbons (Fsp3) is 0.400. The molecule has 3 heterocycles. The molecule has 2 aliphatic rings. The Hall–Kier alpha value is -3.22. The zero-order chi connectivity index (χ0) is 25.8. The molecule has 37 heavy (non-hydrogen) atoms. The summed E-state index contributed by atoms with van der Waals surface area (Å²) in [6, 6.07) is 7.85. The summed E-state index contributed by atoms with van der Waals surface area (Å²) in [5, 5.41) is 6.17. The third-order valence-electron chi connectivity index (χ3n) is 6.62. The highest BCUT2D eigenvalue weighted by Crippen LogP contribution is 2.33. The molecule has 0 unspecified atom stereocenters. The fourth-order valence-electron chi connectivity index (χ4n) is 4.27. The van der Waals surface area contributed by atoms with E-state index in [0.717, 1.165) is 32.4 Å². The molecule has 9 nitrogen and oxygen atoms in total. The molecule has 1 aromatic carbocycles. The van der Waals surface area contributed by atoms with E-state index in [-0.39, 0.29) is 29.8 Å². The number of rotatable bonds is 9. The number of anilines is 1. The molecule has 5 rings (SSSR count). The van der Waals surface area contributed by atoms with Crippen LogP contribution in [0.1, 0.15) is 37.7 Å². The van der Waals surface area contributed by atoms with Crippen molar-refractivity contribution in [2.24, 2.45) is 0 Å². The summed E-state index contributed by atoms with van der Waals surface area (Å²) in [5.41, 5.74) is 0.872. The van der Waals surface area contributed by atoms with E-state index < -0.39 is 26.9 Å². The molecule has 2 aromatic heterocycles. The smallest absolute Gasteiger partial charge is 0.228 e. The lowest BCUT2D eigenvalue weighted by atomic mass is 10.0. The van der Waals surface area contributed by atoms with Crippen LogP contribution in [-0.4, -0.2) is 47.8 Å². The minimum absolute atomic E-state index is 0.0446. The second kappa shape index (κ2) is 11.0. The van der Waals surface area contributed by atoms with E-state index in [2.05, 4.69) is 30.3 Å². The molecule has 1 saturated heterocycles. The Kier molecular flexibility index (Phi) is 7.58. The summed E-state index contributed by atoms with van der Waals surface area (Å²) < 4.78 is 62.2. The summed E-state index contributed by atoms with van der Waals surface area (Å²) in [7, 11) is -3.56. The van der Waals surface area contributed by atoms with Crippen LogP contribution in [0.5, 0.6) is 11.6 Å². The molecule has 3 N–H and O–H groups in total. The van der Waals surface area contributed by atoms with Crippen molar-refractivity contribution in [1.82, 2.24) is 25.0 Å². The van der Waals surface area contributed by atoms with Gasteiger partial charge in [0.05, 0.1) is 16.5 Å². The molecule has 1 aliphatic carbocycles. The topological polar surface area (TPSA) is 118 Å². The Bertz CT molecular complexity index is 1360. The molecule has 3 aromatic rings. The molecule has 0 amide bonds. The Morgan fingerprint density at radius 2 is 1.89 bits per heavy atom. The van der Waals surface area contributed by atoms with Crippen LogP contribution in [0.25, 0.3) is 11.3 Å². The monoisotopic (exact) mass is 530 g/mol. The van der Waals surface area contributed by atoms with E-state index in [9.17, 15) is 17.2 Å². The van der Waals surface area contributed by atoms with Crippen molar-refractivity contribution in [2.45, 2.75) is 49.9 Å². The Morgan fingerprint density at radius 1 is 1.03 bits per heavy atom. The number of hydrogen-bond donors (Lipinski definition) is 3. The van der Waals surface area contributed by atoms with Crippen LogP contribution in [0.4, 0.5) is 14.7 Å². The van der Waals surface area contributed by atoms with Crippen molar-refractivity contribution < 1.29 is 21.9 Å². The van der Waals surface area contributed by atoms with Gasteiger partial charge >= 0.3 is 0 Å². The Morgan fingerprint density at radius 3 is 2.65 bits per heavy atom. The third-order valence-corrected chi connectivity index (χ3v) is 8.52. The number of sulfonamides is 1. The van der Waals surface area contributed by atoms with Gasteiger partial charge in [-0.1, -0.05) is 12.5 Å². The molecule has 2 fully saturated rings. The molecule has 196 valence electrons. The van der Waals surface area contributed by atoms with Crippen molar-refractivity contribution >= 4 is 16.0 Å². The van der Waals surface area contributed by atoms with Crippen LogP contribution >= 0.6 is 0 Å². The van der Waals surface area contributed by atoms with Gasteiger partial charge < -0.3 is 15.4 Å². The largest absolute Gasteiger partial charge is 0.435 e. The number of nitrogens with one attached hydrogen (secondary N) is 3. The van der Waals surface area contributed by atoms with E-state index in [4.69, 9.17) is 4.74 Å². The van der Waals surface area contributed by atoms with Gasteiger partial charge in [0.15, 0.2) is 11.6 Å². The lowest BCUT2D eigenvalue weighted by Crippen LogP contribution is -2.38. The van der Waals surface area contributed by atoms with E-state index in [0.29, 0.717) is 30.0 Å². The van der Waals surface area contributed by atoms with Crippen molar-refractivity contribution in [2.75, 3.05) is 18.4 Å². The number of ether oxygens (including phenoxy) is 1. The van der Waals surface area contributed by atoms with Gasteiger partial charge in [-0.15, -0.1) is 0 Å². The summed E-state index contributed by atoms with van der Waals surface area (Å²) in [4.78, 5) is 13.1. The zero-order valence-electron chi connectivity index (χ0n) is 20.1. The first-order valence-electron chi connectivity index (χ1n) is 12.3. The number of pyridine rings is 1. The summed E-state index contributed by atoms with van der Waals surface area (Å²) in [6.07, 6.45) is 7.15. The van der Waals surface area contributed by atoms with Crippen molar-refractivity contribution in [3.8, 4) is 22.9 Å². The second-order valence-electron chi connectivity index (χ2n) is 9.18. The van der Waals surface area contributed by atoms with Crippen molar-refractivity contribution in [3.05, 3.63) is 59.9 Å². The quantitative estimate of drug-likeness (QED) is 0.383. The molecule has 12 heteroatoms. The van der Waals surface area contributed by atoms with Gasteiger partial charge in [0.25, 0.3) is 0 Å². The van der Waals surface area contributed by atoms with E-state index in [1.807, 2.05) is 0 Å². The van der Waals surface area contributed by atoms with Crippen LogP contribution in [0.3, 0.4) is 0 Å². The summed E-state index contributed by atoms with van der Waals surface area (Å²) >= 11 is 0. The van der Waals surface area contributed by atoms with Crippen molar-refractivity contribution in [3.63, 3.8) is 0 Å². The van der Waals surface area contributed by atoms with E-state index >= 15 is 0 Å². The van der Waals surface area contributed by atoms with Gasteiger partial charge in [0, 0.05) is 37.1 Å². The zero-order valence-corrected chi connectivity index (χ0v) is 20.9. The number of benzene rings is 1. The minimum Gasteiger partial charge on any atom is -0.435 e. The van der Waals surface area contributed by atoms with Gasteiger partial charge in [-0.05, 0) is 56.5 Å². The van der Waals surface area contributed by atoms with E-state index in [1.54, 1.807) is 24.4 Å². The highest BCUT2D eigenvalue weighted by atomic mass is 32.2. The highest BCUT2D eigenvalue weighted by Gasteiger charge is 2.31. The molecule has 1 aliphatic heterocycles. The number of hydrogen-bond acceptors (Lipinski definition) is 8. The highest BCUT2D eigenvalue weighted by molar-refractivity contribution is 7.90. The molecule has 0 spiro atoms. The molecule has 1 atom stereocenters. The maximum atomic E-state index is 14.9. The Balaban J connectivity index is 1.33.